The lowest BCUT2D eigenvalue weighted by atomic mass is 10.1. The minimum absolute atomic E-state index is 0. The Balaban J connectivity index is 0.00000225. The van der Waals surface area contributed by atoms with Crippen LogP contribution in [0.3, 0.4) is 0 Å². The van der Waals surface area contributed by atoms with Crippen molar-refractivity contribution in [1.82, 2.24) is 4.90 Å². The number of nitrogens with two attached hydrogens (primary N) is 1. The van der Waals surface area contributed by atoms with Crippen molar-refractivity contribution in [3.8, 4) is 0 Å². The second kappa shape index (κ2) is 8.97. The zero-order valence-corrected chi connectivity index (χ0v) is 14.9. The maximum atomic E-state index is 13.0. The summed E-state index contributed by atoms with van der Waals surface area (Å²) in [6, 6.07) is 16.6. The van der Waals surface area contributed by atoms with Crippen molar-refractivity contribution in [2.45, 2.75) is 18.8 Å². The summed E-state index contributed by atoms with van der Waals surface area (Å²) in [6.07, 6.45) is 1.68. The Kier molecular flexibility index (Phi) is 6.97. The third-order valence-electron chi connectivity index (χ3n) is 4.63. The SMILES string of the molecule is Cl.NCCN(CCc1ccccc1)C(=O)C1CC1c1ccc(F)cc1. The highest BCUT2D eigenvalue weighted by Crippen LogP contribution is 2.48. The molecule has 2 aromatic carbocycles. The molecule has 0 radical (unpaired) electrons. The lowest BCUT2D eigenvalue weighted by Gasteiger charge is -2.22. The first-order valence-corrected chi connectivity index (χ1v) is 8.47. The fourth-order valence-electron chi connectivity index (χ4n) is 3.18. The molecule has 134 valence electrons. The monoisotopic (exact) mass is 362 g/mol. The molecule has 25 heavy (non-hydrogen) atoms. The van der Waals surface area contributed by atoms with E-state index in [4.69, 9.17) is 5.73 Å². The van der Waals surface area contributed by atoms with Crippen LogP contribution in [0, 0.1) is 11.7 Å². The lowest BCUT2D eigenvalue weighted by molar-refractivity contribution is -0.132. The van der Waals surface area contributed by atoms with Crippen molar-refractivity contribution in [2.75, 3.05) is 19.6 Å². The predicted molar refractivity (Wildman–Crippen MR) is 100 cm³/mol. The first-order chi connectivity index (χ1) is 11.7. The van der Waals surface area contributed by atoms with E-state index in [1.807, 2.05) is 23.1 Å². The van der Waals surface area contributed by atoms with Gasteiger partial charge in [-0.1, -0.05) is 42.5 Å². The number of halogens is 2. The number of carbonyl (C=O) groups excluding carboxylic acids is 1. The Bertz CT molecular complexity index is 678. The van der Waals surface area contributed by atoms with Crippen LogP contribution in [0.15, 0.2) is 54.6 Å². The molecule has 1 fully saturated rings. The van der Waals surface area contributed by atoms with Crippen LogP contribution < -0.4 is 5.73 Å². The normalized spacial score (nSPS) is 18.3. The van der Waals surface area contributed by atoms with Crippen LogP contribution in [0.1, 0.15) is 23.5 Å². The van der Waals surface area contributed by atoms with Gasteiger partial charge in [0, 0.05) is 25.6 Å². The summed E-state index contributed by atoms with van der Waals surface area (Å²) in [5, 5.41) is 0. The van der Waals surface area contributed by atoms with E-state index in [9.17, 15) is 9.18 Å². The summed E-state index contributed by atoms with van der Waals surface area (Å²) >= 11 is 0. The Morgan fingerprint density at radius 3 is 2.40 bits per heavy atom. The van der Waals surface area contributed by atoms with Gasteiger partial charge in [0.25, 0.3) is 0 Å². The zero-order valence-electron chi connectivity index (χ0n) is 14.1. The third-order valence-corrected chi connectivity index (χ3v) is 4.63. The van der Waals surface area contributed by atoms with Gasteiger partial charge in [-0.3, -0.25) is 4.79 Å². The number of rotatable bonds is 7. The lowest BCUT2D eigenvalue weighted by Crippen LogP contribution is -2.38. The maximum absolute atomic E-state index is 13.0. The molecule has 1 aliphatic rings. The predicted octanol–water partition coefficient (Wildman–Crippen LogP) is 3.38. The second-order valence-electron chi connectivity index (χ2n) is 6.35. The van der Waals surface area contributed by atoms with Crippen molar-refractivity contribution in [3.63, 3.8) is 0 Å². The van der Waals surface area contributed by atoms with E-state index in [0.717, 1.165) is 18.4 Å². The molecule has 0 saturated heterocycles. The van der Waals surface area contributed by atoms with Crippen molar-refractivity contribution in [3.05, 3.63) is 71.5 Å². The third kappa shape index (κ3) is 5.03. The molecular weight excluding hydrogens is 339 g/mol. The largest absolute Gasteiger partial charge is 0.341 e. The number of hydrogen-bond donors (Lipinski definition) is 1. The number of nitrogens with zero attached hydrogens (tertiary/aromatic N) is 1. The number of amides is 1. The van der Waals surface area contributed by atoms with Crippen LogP contribution in [-0.2, 0) is 11.2 Å². The molecule has 0 aliphatic heterocycles. The number of carbonyl (C=O) groups is 1. The quantitative estimate of drug-likeness (QED) is 0.820. The summed E-state index contributed by atoms with van der Waals surface area (Å²) < 4.78 is 13.0. The molecular formula is C20H24ClFN2O. The average Bonchev–Trinajstić information content (AvgIpc) is 3.40. The molecule has 0 bridgehead atoms. The molecule has 0 spiro atoms. The Morgan fingerprint density at radius 1 is 1.08 bits per heavy atom. The fourth-order valence-corrected chi connectivity index (χ4v) is 3.18. The van der Waals surface area contributed by atoms with Gasteiger partial charge in [-0.15, -0.1) is 12.4 Å². The smallest absolute Gasteiger partial charge is 0.226 e. The van der Waals surface area contributed by atoms with Crippen LogP contribution in [0.25, 0.3) is 0 Å². The van der Waals surface area contributed by atoms with Crippen LogP contribution in [-0.4, -0.2) is 30.4 Å². The standard InChI is InChI=1S/C20H23FN2O.ClH/c21-17-8-6-16(7-9-17)18-14-19(18)20(24)23(13-11-22)12-10-15-4-2-1-3-5-15;/h1-9,18-19H,10-14,22H2;1H. The topological polar surface area (TPSA) is 46.3 Å². The van der Waals surface area contributed by atoms with E-state index >= 15 is 0 Å². The van der Waals surface area contributed by atoms with Crippen LogP contribution >= 0.6 is 12.4 Å². The molecule has 1 saturated carbocycles. The fraction of sp³-hybridized carbons (Fsp3) is 0.350. The number of benzene rings is 2. The van der Waals surface area contributed by atoms with Gasteiger partial charge in [0.2, 0.25) is 5.91 Å². The molecule has 1 amide bonds. The minimum Gasteiger partial charge on any atom is -0.341 e. The van der Waals surface area contributed by atoms with E-state index in [0.29, 0.717) is 19.6 Å². The summed E-state index contributed by atoms with van der Waals surface area (Å²) in [6.45, 7) is 1.74. The average molecular weight is 363 g/mol. The van der Waals surface area contributed by atoms with Gasteiger partial charge >= 0.3 is 0 Å². The molecule has 3 nitrogen and oxygen atoms in total. The van der Waals surface area contributed by atoms with Gasteiger partial charge in [0.15, 0.2) is 0 Å². The molecule has 1 aliphatic carbocycles. The van der Waals surface area contributed by atoms with Gasteiger partial charge in [0.1, 0.15) is 5.82 Å². The highest BCUT2D eigenvalue weighted by molar-refractivity contribution is 5.85. The van der Waals surface area contributed by atoms with Crippen LogP contribution in [0.5, 0.6) is 0 Å². The molecule has 0 aromatic heterocycles. The Labute approximate surface area is 154 Å². The summed E-state index contributed by atoms with van der Waals surface area (Å²) in [4.78, 5) is 14.6. The molecule has 2 N–H and O–H groups in total. The molecule has 2 aromatic rings. The highest BCUT2D eigenvalue weighted by atomic mass is 35.5. The van der Waals surface area contributed by atoms with Crippen molar-refractivity contribution < 1.29 is 9.18 Å². The van der Waals surface area contributed by atoms with Crippen molar-refractivity contribution in [2.24, 2.45) is 11.7 Å². The van der Waals surface area contributed by atoms with Crippen LogP contribution in [0.2, 0.25) is 0 Å². The van der Waals surface area contributed by atoms with Crippen LogP contribution in [0.4, 0.5) is 4.39 Å². The summed E-state index contributed by atoms with van der Waals surface area (Å²) in [7, 11) is 0. The molecule has 0 heterocycles. The highest BCUT2D eigenvalue weighted by Gasteiger charge is 2.45. The molecule has 2 atom stereocenters. The first kappa shape index (κ1) is 19.4. The number of hydrogen-bond acceptors (Lipinski definition) is 2. The van der Waals surface area contributed by atoms with Gasteiger partial charge < -0.3 is 10.6 Å². The minimum atomic E-state index is -0.241. The van der Waals surface area contributed by atoms with Crippen molar-refractivity contribution >= 4 is 18.3 Å². The van der Waals surface area contributed by atoms with E-state index in [2.05, 4.69) is 12.1 Å². The summed E-state index contributed by atoms with van der Waals surface area (Å²) in [5.74, 6) is 0.161. The van der Waals surface area contributed by atoms with Gasteiger partial charge in [-0.25, -0.2) is 4.39 Å². The van der Waals surface area contributed by atoms with Gasteiger partial charge in [-0.05, 0) is 42.0 Å². The second-order valence-corrected chi connectivity index (χ2v) is 6.35. The Hall–Kier alpha value is -1.91. The van der Waals surface area contributed by atoms with Crippen molar-refractivity contribution in [1.29, 1.82) is 0 Å². The van der Waals surface area contributed by atoms with E-state index < -0.39 is 0 Å². The molecule has 2 unspecified atom stereocenters. The molecule has 3 rings (SSSR count). The van der Waals surface area contributed by atoms with E-state index in [-0.39, 0.29) is 36.0 Å². The maximum Gasteiger partial charge on any atom is 0.226 e. The summed E-state index contributed by atoms with van der Waals surface area (Å²) in [5.41, 5.74) is 7.95. The first-order valence-electron chi connectivity index (χ1n) is 8.47. The van der Waals surface area contributed by atoms with Gasteiger partial charge in [-0.2, -0.15) is 0 Å². The van der Waals surface area contributed by atoms with E-state index in [1.165, 1.54) is 17.7 Å². The van der Waals surface area contributed by atoms with E-state index in [1.54, 1.807) is 12.1 Å². The zero-order chi connectivity index (χ0) is 16.9. The van der Waals surface area contributed by atoms with Gasteiger partial charge in [0.05, 0.1) is 0 Å². The molecule has 5 heteroatoms. The Morgan fingerprint density at radius 2 is 1.76 bits per heavy atom.